The summed E-state index contributed by atoms with van der Waals surface area (Å²) in [6, 6.07) is 6.03. The molecule has 0 radical (unpaired) electrons. The van der Waals surface area contributed by atoms with E-state index in [9.17, 15) is 14.4 Å². The van der Waals surface area contributed by atoms with Crippen LogP contribution in [0.1, 0.15) is 15.9 Å². The van der Waals surface area contributed by atoms with Gasteiger partial charge in [-0.15, -0.1) is 0 Å². The zero-order valence-electron chi connectivity index (χ0n) is 11.1. The van der Waals surface area contributed by atoms with E-state index in [0.717, 1.165) is 5.56 Å². The molecule has 21 heavy (non-hydrogen) atoms. The maximum atomic E-state index is 11.8. The highest BCUT2D eigenvalue weighted by molar-refractivity contribution is 6.06. The van der Waals surface area contributed by atoms with Gasteiger partial charge in [0.1, 0.15) is 16.7 Å². The summed E-state index contributed by atoms with van der Waals surface area (Å²) in [5, 5.41) is 1.10. The Balaban J connectivity index is 2.51. The van der Waals surface area contributed by atoms with Crippen LogP contribution < -0.4 is 17.0 Å². The number of hydrogen-bond donors (Lipinski definition) is 1. The van der Waals surface area contributed by atoms with E-state index in [1.807, 2.05) is 0 Å². The number of aryl methyl sites for hydroxylation is 1. The summed E-state index contributed by atoms with van der Waals surface area (Å²) in [6.45, 7) is 1.47. The first kappa shape index (κ1) is 13.3. The van der Waals surface area contributed by atoms with Gasteiger partial charge in [-0.3, -0.25) is 4.79 Å². The Labute approximate surface area is 117 Å². The van der Waals surface area contributed by atoms with Crippen molar-refractivity contribution in [2.75, 3.05) is 6.54 Å². The number of fused-ring (bicyclic) bond motifs is 3. The largest absolute Gasteiger partial charge is 0.422 e. The van der Waals surface area contributed by atoms with E-state index in [2.05, 4.69) is 0 Å². The zero-order chi connectivity index (χ0) is 15.1. The van der Waals surface area contributed by atoms with Crippen molar-refractivity contribution >= 4 is 27.7 Å². The first-order valence-corrected chi connectivity index (χ1v) is 6.26. The second kappa shape index (κ2) is 4.68. The van der Waals surface area contributed by atoms with Crippen LogP contribution in [0.25, 0.3) is 21.9 Å². The Kier molecular flexibility index (Phi) is 2.95. The number of ketones is 1. The molecule has 2 N–H and O–H groups in total. The molecule has 0 bridgehead atoms. The Morgan fingerprint density at radius 1 is 1.14 bits per heavy atom. The van der Waals surface area contributed by atoms with Gasteiger partial charge in [-0.1, -0.05) is 0 Å². The van der Waals surface area contributed by atoms with Crippen molar-refractivity contribution < 1.29 is 13.6 Å². The van der Waals surface area contributed by atoms with Crippen LogP contribution in [-0.2, 0) is 0 Å². The number of nitrogens with two attached hydrogens (primary N) is 1. The van der Waals surface area contributed by atoms with Crippen LogP contribution in [0.2, 0.25) is 0 Å². The van der Waals surface area contributed by atoms with Crippen LogP contribution in [-0.4, -0.2) is 12.3 Å². The molecule has 0 saturated heterocycles. The summed E-state index contributed by atoms with van der Waals surface area (Å²) >= 11 is 0. The lowest BCUT2D eigenvalue weighted by atomic mass is 10.1. The van der Waals surface area contributed by atoms with E-state index in [4.69, 9.17) is 14.6 Å². The molecule has 3 rings (SSSR count). The number of benzene rings is 1. The fourth-order valence-corrected chi connectivity index (χ4v) is 2.27. The average molecular weight is 285 g/mol. The maximum Gasteiger partial charge on any atom is 0.347 e. The van der Waals surface area contributed by atoms with Gasteiger partial charge < -0.3 is 14.6 Å². The SMILES string of the molecule is Cc1cc(=O)oc2c1ccc1oc(=O)c(C(=O)CN)cc12. The molecular formula is C15H11NO5. The second-order valence-electron chi connectivity index (χ2n) is 4.68. The van der Waals surface area contributed by atoms with Crippen molar-refractivity contribution in [1.82, 2.24) is 0 Å². The first-order chi connectivity index (χ1) is 10.0. The van der Waals surface area contributed by atoms with Crippen LogP contribution in [0.15, 0.2) is 42.7 Å². The molecule has 0 spiro atoms. The summed E-state index contributed by atoms with van der Waals surface area (Å²) in [7, 11) is 0. The lowest BCUT2D eigenvalue weighted by molar-refractivity contribution is 0.0998. The molecule has 2 heterocycles. The van der Waals surface area contributed by atoms with Crippen LogP contribution in [0.3, 0.4) is 0 Å². The molecule has 0 saturated carbocycles. The fourth-order valence-electron chi connectivity index (χ4n) is 2.27. The normalized spacial score (nSPS) is 11.1. The molecule has 0 fully saturated rings. The molecule has 6 heteroatoms. The van der Waals surface area contributed by atoms with E-state index in [1.165, 1.54) is 12.1 Å². The Bertz CT molecular complexity index is 997. The number of Topliss-reactive ketones (excluding diaryl/α,β-unsaturated/α-hetero) is 1. The minimum absolute atomic E-state index is 0.151. The van der Waals surface area contributed by atoms with Gasteiger partial charge in [-0.05, 0) is 30.7 Å². The molecule has 2 aromatic heterocycles. The standard InChI is InChI=1S/C15H11NO5/c1-7-4-13(18)21-14-8(7)2-3-12-10(14)5-9(11(17)6-16)15(19)20-12/h2-5H,6,16H2,1H3. The van der Waals surface area contributed by atoms with E-state index >= 15 is 0 Å². The third-order valence-corrected chi connectivity index (χ3v) is 3.31. The first-order valence-electron chi connectivity index (χ1n) is 6.26. The van der Waals surface area contributed by atoms with Gasteiger partial charge in [0, 0.05) is 11.5 Å². The molecule has 6 nitrogen and oxygen atoms in total. The van der Waals surface area contributed by atoms with E-state index in [-0.39, 0.29) is 23.3 Å². The summed E-state index contributed by atoms with van der Waals surface area (Å²) < 4.78 is 10.3. The van der Waals surface area contributed by atoms with Crippen molar-refractivity contribution in [1.29, 1.82) is 0 Å². The molecule has 1 aromatic carbocycles. The van der Waals surface area contributed by atoms with Gasteiger partial charge in [0.05, 0.1) is 11.9 Å². The van der Waals surface area contributed by atoms with Crippen molar-refractivity contribution in [2.45, 2.75) is 6.92 Å². The van der Waals surface area contributed by atoms with Gasteiger partial charge >= 0.3 is 11.3 Å². The number of hydrogen-bond acceptors (Lipinski definition) is 6. The lowest BCUT2D eigenvalue weighted by Gasteiger charge is -2.05. The highest BCUT2D eigenvalue weighted by atomic mass is 16.4. The highest BCUT2D eigenvalue weighted by Crippen LogP contribution is 2.26. The van der Waals surface area contributed by atoms with Crippen molar-refractivity contribution in [3.63, 3.8) is 0 Å². The van der Waals surface area contributed by atoms with Gasteiger partial charge in [0.2, 0.25) is 0 Å². The number of rotatable bonds is 2. The predicted molar refractivity (Wildman–Crippen MR) is 76.6 cm³/mol. The van der Waals surface area contributed by atoms with Gasteiger partial charge in [-0.25, -0.2) is 9.59 Å². The monoisotopic (exact) mass is 285 g/mol. The van der Waals surface area contributed by atoms with Gasteiger partial charge in [0.15, 0.2) is 5.78 Å². The average Bonchev–Trinajstić information content (AvgIpc) is 2.45. The molecule has 0 aliphatic carbocycles. The molecule has 0 aliphatic rings. The van der Waals surface area contributed by atoms with Gasteiger partial charge in [-0.2, -0.15) is 0 Å². The van der Waals surface area contributed by atoms with Gasteiger partial charge in [0.25, 0.3) is 0 Å². The molecule has 0 aliphatic heterocycles. The fraction of sp³-hybridized carbons (Fsp3) is 0.133. The molecule has 0 amide bonds. The molecule has 3 aromatic rings. The Hall–Kier alpha value is -2.73. The summed E-state index contributed by atoms with van der Waals surface area (Å²) in [5.74, 6) is -0.530. The third kappa shape index (κ3) is 2.05. The van der Waals surface area contributed by atoms with Crippen molar-refractivity contribution in [3.05, 3.63) is 56.2 Å². The number of carbonyl (C=O) groups is 1. The summed E-state index contributed by atoms with van der Waals surface area (Å²) in [6.07, 6.45) is 0. The Morgan fingerprint density at radius 3 is 2.62 bits per heavy atom. The van der Waals surface area contributed by atoms with E-state index in [1.54, 1.807) is 19.1 Å². The van der Waals surface area contributed by atoms with Crippen molar-refractivity contribution in [2.24, 2.45) is 5.73 Å². The summed E-state index contributed by atoms with van der Waals surface area (Å²) in [5.41, 5.74) is 5.12. The lowest BCUT2D eigenvalue weighted by Crippen LogP contribution is -2.21. The minimum atomic E-state index is -0.757. The summed E-state index contributed by atoms with van der Waals surface area (Å²) in [4.78, 5) is 35.0. The van der Waals surface area contributed by atoms with Crippen molar-refractivity contribution in [3.8, 4) is 0 Å². The van der Waals surface area contributed by atoms with Crippen LogP contribution in [0.5, 0.6) is 0 Å². The zero-order valence-corrected chi connectivity index (χ0v) is 11.1. The molecule has 0 atom stereocenters. The molecular weight excluding hydrogens is 274 g/mol. The molecule has 106 valence electrons. The van der Waals surface area contributed by atoms with E-state index < -0.39 is 17.0 Å². The predicted octanol–water partition coefficient (Wildman–Crippen LogP) is 1.35. The molecule has 0 unspecified atom stereocenters. The third-order valence-electron chi connectivity index (χ3n) is 3.31. The smallest absolute Gasteiger partial charge is 0.347 e. The van der Waals surface area contributed by atoms with Crippen LogP contribution >= 0.6 is 0 Å². The minimum Gasteiger partial charge on any atom is -0.422 e. The quantitative estimate of drug-likeness (QED) is 0.433. The van der Waals surface area contributed by atoms with E-state index in [0.29, 0.717) is 10.8 Å². The van der Waals surface area contributed by atoms with Crippen LogP contribution in [0.4, 0.5) is 0 Å². The highest BCUT2D eigenvalue weighted by Gasteiger charge is 2.15. The van der Waals surface area contributed by atoms with Crippen LogP contribution in [0, 0.1) is 6.92 Å². The second-order valence-corrected chi connectivity index (χ2v) is 4.68. The maximum absolute atomic E-state index is 11.8. The Morgan fingerprint density at radius 2 is 1.90 bits per heavy atom. The topological polar surface area (TPSA) is 104 Å². The number of carbonyl (C=O) groups excluding carboxylic acids is 1.